The van der Waals surface area contributed by atoms with Crippen LogP contribution in [0, 0.1) is 11.8 Å². The standard InChI is InChI=1S/C9H10F3NO3/c1-16-8(15)7-5(9(10,11)12)2-4(13)3-6(7)14/h3,5,7H,2,13H2,1H3/t5-,7+/m1/s1. The van der Waals surface area contributed by atoms with Crippen LogP contribution in [0.4, 0.5) is 13.2 Å². The molecule has 0 heterocycles. The highest BCUT2D eigenvalue weighted by Gasteiger charge is 2.52. The number of hydrogen-bond donors (Lipinski definition) is 1. The Bertz CT molecular complexity index is 348. The molecule has 2 N–H and O–H groups in total. The third-order valence-corrected chi connectivity index (χ3v) is 2.37. The Morgan fingerprint density at radius 3 is 2.56 bits per heavy atom. The molecule has 0 bridgehead atoms. The molecule has 0 amide bonds. The Morgan fingerprint density at radius 2 is 2.12 bits per heavy atom. The first-order valence-corrected chi connectivity index (χ1v) is 4.41. The molecule has 0 aromatic carbocycles. The van der Waals surface area contributed by atoms with Crippen LogP contribution in [-0.2, 0) is 14.3 Å². The molecule has 16 heavy (non-hydrogen) atoms. The minimum absolute atomic E-state index is 0.174. The van der Waals surface area contributed by atoms with Gasteiger partial charge in [-0.2, -0.15) is 13.2 Å². The van der Waals surface area contributed by atoms with E-state index in [9.17, 15) is 22.8 Å². The molecule has 90 valence electrons. The molecule has 0 aromatic rings. The normalized spacial score (nSPS) is 26.2. The van der Waals surface area contributed by atoms with Gasteiger partial charge in [0.25, 0.3) is 0 Å². The van der Waals surface area contributed by atoms with Gasteiger partial charge in [0, 0.05) is 11.8 Å². The number of allylic oxidation sites excluding steroid dienone is 2. The molecular formula is C9H10F3NO3. The van der Waals surface area contributed by atoms with Gasteiger partial charge >= 0.3 is 12.1 Å². The van der Waals surface area contributed by atoms with Gasteiger partial charge in [0.05, 0.1) is 13.0 Å². The topological polar surface area (TPSA) is 69.4 Å². The third kappa shape index (κ3) is 2.34. The van der Waals surface area contributed by atoms with Gasteiger partial charge in [0.1, 0.15) is 5.92 Å². The number of halogens is 3. The molecule has 0 saturated heterocycles. The highest BCUT2D eigenvalue weighted by Crippen LogP contribution is 2.39. The van der Waals surface area contributed by atoms with E-state index < -0.39 is 36.2 Å². The van der Waals surface area contributed by atoms with Crippen molar-refractivity contribution in [2.75, 3.05) is 7.11 Å². The number of carbonyl (C=O) groups is 2. The number of ether oxygens (including phenoxy) is 1. The summed E-state index contributed by atoms with van der Waals surface area (Å²) in [4.78, 5) is 22.4. The number of rotatable bonds is 1. The van der Waals surface area contributed by atoms with E-state index in [2.05, 4.69) is 4.74 Å². The lowest BCUT2D eigenvalue weighted by Crippen LogP contribution is -2.43. The predicted octanol–water partition coefficient (Wildman–Crippen LogP) is 0.770. The number of carbonyl (C=O) groups excluding carboxylic acids is 2. The minimum Gasteiger partial charge on any atom is -0.468 e. The molecule has 0 saturated carbocycles. The van der Waals surface area contributed by atoms with Crippen molar-refractivity contribution < 1.29 is 27.5 Å². The first-order valence-electron chi connectivity index (χ1n) is 4.41. The summed E-state index contributed by atoms with van der Waals surface area (Å²) in [5.41, 5.74) is 5.03. The van der Waals surface area contributed by atoms with Crippen molar-refractivity contribution in [3.05, 3.63) is 11.8 Å². The van der Waals surface area contributed by atoms with Crippen molar-refractivity contribution >= 4 is 11.8 Å². The monoisotopic (exact) mass is 237 g/mol. The third-order valence-electron chi connectivity index (χ3n) is 2.37. The van der Waals surface area contributed by atoms with Gasteiger partial charge in [-0.1, -0.05) is 0 Å². The van der Waals surface area contributed by atoms with Crippen LogP contribution in [0.5, 0.6) is 0 Å². The van der Waals surface area contributed by atoms with Crippen molar-refractivity contribution in [1.29, 1.82) is 0 Å². The lowest BCUT2D eigenvalue weighted by Gasteiger charge is -2.28. The first-order chi connectivity index (χ1) is 7.27. The number of alkyl halides is 3. The van der Waals surface area contributed by atoms with Crippen molar-refractivity contribution in [1.82, 2.24) is 0 Å². The summed E-state index contributed by atoms with van der Waals surface area (Å²) in [6.45, 7) is 0. The summed E-state index contributed by atoms with van der Waals surface area (Å²) >= 11 is 0. The Hall–Kier alpha value is -1.53. The maximum Gasteiger partial charge on any atom is 0.393 e. The van der Waals surface area contributed by atoms with Crippen LogP contribution < -0.4 is 5.73 Å². The van der Waals surface area contributed by atoms with E-state index in [1.54, 1.807) is 0 Å². The number of ketones is 1. The molecule has 0 radical (unpaired) electrons. The van der Waals surface area contributed by atoms with E-state index in [-0.39, 0.29) is 5.70 Å². The van der Waals surface area contributed by atoms with Crippen molar-refractivity contribution in [3.63, 3.8) is 0 Å². The summed E-state index contributed by atoms with van der Waals surface area (Å²) in [5.74, 6) is -6.08. The van der Waals surface area contributed by atoms with Gasteiger partial charge in [-0.15, -0.1) is 0 Å². The largest absolute Gasteiger partial charge is 0.468 e. The van der Waals surface area contributed by atoms with Crippen LogP contribution in [0.15, 0.2) is 11.8 Å². The van der Waals surface area contributed by atoms with Gasteiger partial charge < -0.3 is 10.5 Å². The van der Waals surface area contributed by atoms with Crippen LogP contribution in [0.25, 0.3) is 0 Å². The van der Waals surface area contributed by atoms with Crippen LogP contribution in [0.3, 0.4) is 0 Å². The molecule has 1 rings (SSSR count). The molecule has 1 aliphatic carbocycles. The fourth-order valence-corrected chi connectivity index (χ4v) is 1.61. The fraction of sp³-hybridized carbons (Fsp3) is 0.556. The van der Waals surface area contributed by atoms with E-state index in [4.69, 9.17) is 5.73 Å². The van der Waals surface area contributed by atoms with Crippen molar-refractivity contribution in [2.24, 2.45) is 17.6 Å². The number of hydrogen-bond acceptors (Lipinski definition) is 4. The van der Waals surface area contributed by atoms with E-state index in [0.29, 0.717) is 0 Å². The maximum atomic E-state index is 12.6. The van der Waals surface area contributed by atoms with Gasteiger partial charge in [-0.05, 0) is 6.42 Å². The van der Waals surface area contributed by atoms with Gasteiger partial charge in [0.15, 0.2) is 5.78 Å². The summed E-state index contributed by atoms with van der Waals surface area (Å²) < 4.78 is 42.0. The number of methoxy groups -OCH3 is 1. The average Bonchev–Trinajstić information content (AvgIpc) is 2.14. The average molecular weight is 237 g/mol. The molecule has 1 aliphatic rings. The molecule has 7 heteroatoms. The lowest BCUT2D eigenvalue weighted by atomic mass is 9.80. The Kier molecular flexibility index (Phi) is 3.25. The summed E-state index contributed by atoms with van der Waals surface area (Å²) in [6, 6.07) is 0. The van der Waals surface area contributed by atoms with E-state index >= 15 is 0 Å². The summed E-state index contributed by atoms with van der Waals surface area (Å²) in [5, 5.41) is 0. The van der Waals surface area contributed by atoms with Crippen LogP contribution >= 0.6 is 0 Å². The zero-order valence-corrected chi connectivity index (χ0v) is 8.38. The number of nitrogens with two attached hydrogens (primary N) is 1. The Labute approximate surface area is 89.2 Å². The predicted molar refractivity (Wildman–Crippen MR) is 46.9 cm³/mol. The summed E-state index contributed by atoms with van der Waals surface area (Å²) in [6.07, 6.45) is -4.37. The molecule has 2 atom stereocenters. The van der Waals surface area contributed by atoms with Gasteiger partial charge in [-0.25, -0.2) is 0 Å². The van der Waals surface area contributed by atoms with Crippen LogP contribution in [0.2, 0.25) is 0 Å². The molecule has 0 fully saturated rings. The second kappa shape index (κ2) is 4.15. The highest BCUT2D eigenvalue weighted by atomic mass is 19.4. The highest BCUT2D eigenvalue weighted by molar-refractivity contribution is 6.06. The zero-order valence-electron chi connectivity index (χ0n) is 8.38. The van der Waals surface area contributed by atoms with Crippen molar-refractivity contribution in [2.45, 2.75) is 12.6 Å². The maximum absolute atomic E-state index is 12.6. The molecule has 4 nitrogen and oxygen atoms in total. The first kappa shape index (κ1) is 12.5. The fourth-order valence-electron chi connectivity index (χ4n) is 1.61. The molecular weight excluding hydrogens is 227 g/mol. The van der Waals surface area contributed by atoms with Gasteiger partial charge in [-0.3, -0.25) is 9.59 Å². The molecule has 0 unspecified atom stereocenters. The molecule has 0 aromatic heterocycles. The quantitative estimate of drug-likeness (QED) is 0.540. The molecule has 0 spiro atoms. The minimum atomic E-state index is -4.66. The van der Waals surface area contributed by atoms with Crippen LogP contribution in [-0.4, -0.2) is 25.0 Å². The second-order valence-corrected chi connectivity index (χ2v) is 3.47. The van der Waals surface area contributed by atoms with E-state index in [1.807, 2.05) is 0 Å². The zero-order chi connectivity index (χ0) is 12.5. The van der Waals surface area contributed by atoms with Gasteiger partial charge in [0.2, 0.25) is 0 Å². The van der Waals surface area contributed by atoms with Crippen LogP contribution in [0.1, 0.15) is 6.42 Å². The second-order valence-electron chi connectivity index (χ2n) is 3.47. The van der Waals surface area contributed by atoms with E-state index in [0.717, 1.165) is 13.2 Å². The summed E-state index contributed by atoms with van der Waals surface area (Å²) in [7, 11) is 0.935. The van der Waals surface area contributed by atoms with E-state index in [1.165, 1.54) is 0 Å². The SMILES string of the molecule is COC(=O)[C@@H]1C(=O)C=C(N)C[C@H]1C(F)(F)F. The van der Waals surface area contributed by atoms with Crippen molar-refractivity contribution in [3.8, 4) is 0 Å². The smallest absolute Gasteiger partial charge is 0.393 e. The molecule has 0 aliphatic heterocycles. The lowest BCUT2D eigenvalue weighted by molar-refractivity contribution is -0.198. The Morgan fingerprint density at radius 1 is 1.56 bits per heavy atom. The Balaban J connectivity index is 3.09. The number of esters is 1.